The lowest BCUT2D eigenvalue weighted by Crippen LogP contribution is -2.31. The number of aromatic nitrogens is 4. The van der Waals surface area contributed by atoms with Crippen molar-refractivity contribution in [2.75, 3.05) is 0 Å². The average Bonchev–Trinajstić information content (AvgIpc) is 3.87. The Morgan fingerprint density at radius 2 is 1.13 bits per heavy atom. The number of benzene rings is 7. The molecule has 0 saturated heterocycles. The Bertz CT molecular complexity index is 3180. The van der Waals surface area contributed by atoms with E-state index >= 15 is 0 Å². The molecule has 10 aromatic rings. The van der Waals surface area contributed by atoms with E-state index in [4.69, 9.17) is 4.98 Å². The number of hydrogen-bond donors (Lipinski definition) is 0. The van der Waals surface area contributed by atoms with E-state index in [-0.39, 0.29) is 0 Å². The standard InChI is InChI=1S/C50H36N4/c1-33-24-27-45-42(28-33)43-31-44-47(32-46(43)52(45)41-23-13-18-37(30-41)38-26-25-34-14-11-12-17-36(34)29-38)53(39-19-7-3-8-20-39)50-48(44)54(40-21-9-4-10-22-40)49(51-50)35-15-5-2-6-16-35/h2-23,25-33H,24H2,1H3. The van der Waals surface area contributed by atoms with Crippen molar-refractivity contribution in [2.45, 2.75) is 13.3 Å². The third kappa shape index (κ3) is 4.73. The quantitative estimate of drug-likeness (QED) is 0.176. The van der Waals surface area contributed by atoms with Gasteiger partial charge in [-0.1, -0.05) is 134 Å². The number of rotatable bonds is 5. The van der Waals surface area contributed by atoms with Crippen molar-refractivity contribution in [2.24, 2.45) is 5.92 Å². The summed E-state index contributed by atoms with van der Waals surface area (Å²) in [5.41, 5.74) is 11.2. The fourth-order valence-corrected chi connectivity index (χ4v) is 8.61. The molecule has 1 unspecified atom stereocenters. The highest BCUT2D eigenvalue weighted by atomic mass is 15.2. The zero-order chi connectivity index (χ0) is 35.8. The van der Waals surface area contributed by atoms with Gasteiger partial charge in [0.15, 0.2) is 5.65 Å². The number of para-hydroxylation sites is 2. The van der Waals surface area contributed by atoms with E-state index in [1.807, 2.05) is 0 Å². The summed E-state index contributed by atoms with van der Waals surface area (Å²) in [4.78, 5) is 5.50. The zero-order valence-corrected chi connectivity index (χ0v) is 29.9. The van der Waals surface area contributed by atoms with Crippen LogP contribution in [0.15, 0.2) is 170 Å². The fraction of sp³-hybridized carbons (Fsp3) is 0.0600. The molecule has 0 radical (unpaired) electrons. The van der Waals surface area contributed by atoms with Gasteiger partial charge in [0.05, 0.1) is 11.0 Å². The van der Waals surface area contributed by atoms with E-state index in [0.29, 0.717) is 5.92 Å². The molecule has 4 heteroatoms. The lowest BCUT2D eigenvalue weighted by atomic mass is 10.0. The Morgan fingerprint density at radius 1 is 0.500 bits per heavy atom. The SMILES string of the molecule is CC1C=c2c(n(-c3cccc(-c4ccc5ccccc5c4)c3)c3cc4c(cc23)c2c(nc(-c3ccccc3)n2-c2ccccc2)n4-c2ccccc2)=CC1. The third-order valence-corrected chi connectivity index (χ3v) is 11.1. The largest absolute Gasteiger partial charge is 0.309 e. The molecule has 7 aromatic carbocycles. The van der Waals surface area contributed by atoms with Crippen LogP contribution in [-0.4, -0.2) is 18.7 Å². The van der Waals surface area contributed by atoms with Crippen LogP contribution in [0.1, 0.15) is 13.3 Å². The molecule has 0 N–H and O–H groups in total. The summed E-state index contributed by atoms with van der Waals surface area (Å²) < 4.78 is 7.19. The summed E-state index contributed by atoms with van der Waals surface area (Å²) in [6.07, 6.45) is 5.92. The van der Waals surface area contributed by atoms with Crippen LogP contribution in [0.25, 0.3) is 95.5 Å². The highest BCUT2D eigenvalue weighted by Gasteiger charge is 2.25. The monoisotopic (exact) mass is 692 g/mol. The highest BCUT2D eigenvalue weighted by molar-refractivity contribution is 6.13. The van der Waals surface area contributed by atoms with Crippen LogP contribution >= 0.6 is 0 Å². The van der Waals surface area contributed by atoms with Crippen molar-refractivity contribution in [3.05, 3.63) is 180 Å². The van der Waals surface area contributed by atoms with Crippen molar-refractivity contribution < 1.29 is 0 Å². The minimum absolute atomic E-state index is 0.449. The van der Waals surface area contributed by atoms with Gasteiger partial charge in [-0.3, -0.25) is 9.13 Å². The van der Waals surface area contributed by atoms with Crippen LogP contribution in [0, 0.1) is 5.92 Å². The average molecular weight is 693 g/mol. The summed E-state index contributed by atoms with van der Waals surface area (Å²) in [6.45, 7) is 2.32. The van der Waals surface area contributed by atoms with Gasteiger partial charge in [0.1, 0.15) is 11.3 Å². The van der Waals surface area contributed by atoms with Crippen molar-refractivity contribution in [1.82, 2.24) is 18.7 Å². The molecule has 0 spiro atoms. The molecule has 1 aliphatic rings. The van der Waals surface area contributed by atoms with Gasteiger partial charge in [-0.25, -0.2) is 4.98 Å². The second-order valence-corrected chi connectivity index (χ2v) is 14.5. The van der Waals surface area contributed by atoms with E-state index in [1.54, 1.807) is 0 Å². The predicted molar refractivity (Wildman–Crippen MR) is 225 cm³/mol. The third-order valence-electron chi connectivity index (χ3n) is 11.1. The van der Waals surface area contributed by atoms with Crippen LogP contribution in [0.2, 0.25) is 0 Å². The summed E-state index contributed by atoms with van der Waals surface area (Å²) in [7, 11) is 0. The molecule has 4 nitrogen and oxygen atoms in total. The first kappa shape index (κ1) is 30.7. The minimum atomic E-state index is 0.449. The highest BCUT2D eigenvalue weighted by Crippen LogP contribution is 2.39. The van der Waals surface area contributed by atoms with Crippen LogP contribution in [0.3, 0.4) is 0 Å². The maximum absolute atomic E-state index is 5.50. The molecule has 0 saturated carbocycles. The molecule has 54 heavy (non-hydrogen) atoms. The molecule has 1 aliphatic carbocycles. The summed E-state index contributed by atoms with van der Waals surface area (Å²) >= 11 is 0. The predicted octanol–water partition coefficient (Wildman–Crippen LogP) is 11.0. The van der Waals surface area contributed by atoms with E-state index in [2.05, 4.69) is 203 Å². The first-order valence-electron chi connectivity index (χ1n) is 18.8. The van der Waals surface area contributed by atoms with Crippen LogP contribution in [0.5, 0.6) is 0 Å². The van der Waals surface area contributed by atoms with Gasteiger partial charge in [-0.15, -0.1) is 0 Å². The molecule has 0 amide bonds. The molecule has 256 valence electrons. The van der Waals surface area contributed by atoms with Gasteiger partial charge >= 0.3 is 0 Å². The normalized spacial score (nSPS) is 14.1. The van der Waals surface area contributed by atoms with Gasteiger partial charge in [0.2, 0.25) is 0 Å². The van der Waals surface area contributed by atoms with Gasteiger partial charge in [0.25, 0.3) is 0 Å². The van der Waals surface area contributed by atoms with Crippen molar-refractivity contribution >= 4 is 55.9 Å². The Hall–Kier alpha value is -6.91. The first-order chi connectivity index (χ1) is 26.7. The van der Waals surface area contributed by atoms with Gasteiger partial charge in [0, 0.05) is 44.0 Å². The Labute approximate surface area is 312 Å². The number of hydrogen-bond acceptors (Lipinski definition) is 1. The van der Waals surface area contributed by atoms with E-state index in [1.165, 1.54) is 48.8 Å². The van der Waals surface area contributed by atoms with Crippen LogP contribution in [0.4, 0.5) is 0 Å². The van der Waals surface area contributed by atoms with E-state index < -0.39 is 0 Å². The summed E-state index contributed by atoms with van der Waals surface area (Å²) in [5, 5.41) is 7.50. The molecular formula is C50H36N4. The Kier molecular flexibility index (Phi) is 6.86. The van der Waals surface area contributed by atoms with Gasteiger partial charge < -0.3 is 4.57 Å². The minimum Gasteiger partial charge on any atom is -0.309 e. The second-order valence-electron chi connectivity index (χ2n) is 14.5. The summed E-state index contributed by atoms with van der Waals surface area (Å²) in [5.74, 6) is 1.38. The van der Waals surface area contributed by atoms with E-state index in [0.717, 1.165) is 51.6 Å². The van der Waals surface area contributed by atoms with Crippen LogP contribution in [-0.2, 0) is 0 Å². The van der Waals surface area contributed by atoms with E-state index in [9.17, 15) is 0 Å². The number of fused-ring (bicyclic) bond motifs is 7. The number of imidazole rings is 1. The molecule has 11 rings (SSSR count). The molecule has 0 fully saturated rings. The Balaban J connectivity index is 1.24. The summed E-state index contributed by atoms with van der Waals surface area (Å²) in [6, 6.07) is 61.2. The van der Waals surface area contributed by atoms with Crippen molar-refractivity contribution in [3.8, 4) is 39.6 Å². The molecule has 1 atom stereocenters. The number of nitrogens with zero attached hydrogens (tertiary/aromatic N) is 4. The first-order valence-corrected chi connectivity index (χ1v) is 18.8. The Morgan fingerprint density at radius 3 is 1.91 bits per heavy atom. The smallest absolute Gasteiger partial charge is 0.165 e. The molecule has 0 aliphatic heterocycles. The second kappa shape index (κ2) is 12.1. The maximum atomic E-state index is 5.50. The molecule has 3 aromatic heterocycles. The van der Waals surface area contributed by atoms with Gasteiger partial charge in [-0.2, -0.15) is 0 Å². The van der Waals surface area contributed by atoms with Crippen molar-refractivity contribution in [3.63, 3.8) is 0 Å². The lowest BCUT2D eigenvalue weighted by Gasteiger charge is -2.12. The lowest BCUT2D eigenvalue weighted by molar-refractivity contribution is 0.795. The molecule has 0 bridgehead atoms. The van der Waals surface area contributed by atoms with Gasteiger partial charge in [-0.05, 0) is 88.8 Å². The maximum Gasteiger partial charge on any atom is 0.165 e. The fourth-order valence-electron chi connectivity index (χ4n) is 8.61. The van der Waals surface area contributed by atoms with Crippen molar-refractivity contribution in [1.29, 1.82) is 0 Å². The van der Waals surface area contributed by atoms with Crippen LogP contribution < -0.4 is 10.6 Å². The molecule has 3 heterocycles. The zero-order valence-electron chi connectivity index (χ0n) is 29.9. The molecular weight excluding hydrogens is 657 g/mol. The topological polar surface area (TPSA) is 27.7 Å².